The summed E-state index contributed by atoms with van der Waals surface area (Å²) in [6, 6.07) is 42.7. The maximum absolute atomic E-state index is 12.9. The van der Waals surface area contributed by atoms with E-state index in [1.165, 1.54) is 0 Å². The standard InChI is InChI=1S/C46H46N6O5/c53-32-33-11-13-35(14-12-33)43-29-41(31-51-25-27-52(28-26-51)45-47-23-6-24-48-45)56-44(57-43)36-17-15-34(16-18-36)42-10-5-4-7-37(42)30-49-46(54)50-38-19-21-40(22-20-38)55-39-8-2-1-3-9-39/h1-24,41,43-44,53H,25-32H2,(H2,49,50,54)/t41-,43+,44+/m0/s1. The van der Waals surface area contributed by atoms with Gasteiger partial charge in [-0.2, -0.15) is 0 Å². The molecule has 2 amide bonds. The van der Waals surface area contributed by atoms with Gasteiger partial charge in [-0.3, -0.25) is 4.90 Å². The summed E-state index contributed by atoms with van der Waals surface area (Å²) in [6.07, 6.45) is 3.51. The van der Waals surface area contributed by atoms with Crippen LogP contribution in [-0.2, 0) is 22.6 Å². The van der Waals surface area contributed by atoms with Crippen LogP contribution in [0, 0.1) is 0 Å². The van der Waals surface area contributed by atoms with Crippen LogP contribution in [-0.4, -0.2) is 64.8 Å². The van der Waals surface area contributed by atoms with Crippen molar-refractivity contribution in [1.29, 1.82) is 0 Å². The number of carbonyl (C=O) groups is 1. The SMILES string of the molecule is O=C(NCc1ccccc1-c1ccc([C@@H]2O[C@H](CN3CCN(c4ncccn4)CC3)C[C@H](c3ccc(CO)cc3)O2)cc1)Nc1ccc(Oc2ccccc2)cc1. The van der Waals surface area contributed by atoms with Gasteiger partial charge in [-0.1, -0.05) is 91.0 Å². The average molecular weight is 763 g/mol. The van der Waals surface area contributed by atoms with Crippen molar-refractivity contribution in [2.24, 2.45) is 0 Å². The number of nitrogens with zero attached hydrogens (tertiary/aromatic N) is 4. The van der Waals surface area contributed by atoms with Crippen LogP contribution in [0.4, 0.5) is 16.4 Å². The topological polar surface area (TPSA) is 121 Å². The van der Waals surface area contributed by atoms with Gasteiger partial charge in [0.2, 0.25) is 5.95 Å². The predicted octanol–water partition coefficient (Wildman–Crippen LogP) is 8.12. The molecule has 0 radical (unpaired) electrons. The molecule has 0 aliphatic carbocycles. The fraction of sp³-hybridized carbons (Fsp3) is 0.239. The van der Waals surface area contributed by atoms with Crippen molar-refractivity contribution in [3.8, 4) is 22.6 Å². The molecule has 3 atom stereocenters. The molecule has 8 rings (SSSR count). The highest BCUT2D eigenvalue weighted by Crippen LogP contribution is 2.39. The zero-order valence-electron chi connectivity index (χ0n) is 31.6. The van der Waals surface area contributed by atoms with Gasteiger partial charge in [0.05, 0.1) is 18.8 Å². The van der Waals surface area contributed by atoms with E-state index in [1.807, 2.05) is 103 Å². The Balaban J connectivity index is 0.908. The Labute approximate surface area is 332 Å². The fourth-order valence-electron chi connectivity index (χ4n) is 7.26. The van der Waals surface area contributed by atoms with Crippen LogP contribution in [0.1, 0.15) is 41.1 Å². The molecule has 2 saturated heterocycles. The number of amides is 2. The monoisotopic (exact) mass is 762 g/mol. The van der Waals surface area contributed by atoms with Gasteiger partial charge in [-0.15, -0.1) is 0 Å². The Bertz CT molecular complexity index is 2180. The molecule has 11 heteroatoms. The zero-order chi connectivity index (χ0) is 38.8. The van der Waals surface area contributed by atoms with Gasteiger partial charge >= 0.3 is 6.03 Å². The van der Waals surface area contributed by atoms with Gasteiger partial charge in [0, 0.05) is 69.3 Å². The number of nitrogens with one attached hydrogen (secondary N) is 2. The van der Waals surface area contributed by atoms with Crippen molar-refractivity contribution in [3.05, 3.63) is 168 Å². The lowest BCUT2D eigenvalue weighted by atomic mass is 9.97. The number of carbonyl (C=O) groups excluding carboxylic acids is 1. The minimum absolute atomic E-state index is 0.000611. The molecule has 11 nitrogen and oxygen atoms in total. The molecular weight excluding hydrogens is 717 g/mol. The number of ether oxygens (including phenoxy) is 3. The van der Waals surface area contributed by atoms with E-state index in [2.05, 4.69) is 60.7 Å². The molecule has 3 N–H and O–H groups in total. The summed E-state index contributed by atoms with van der Waals surface area (Å²) in [4.78, 5) is 26.5. The molecule has 2 aliphatic heterocycles. The molecule has 0 saturated carbocycles. The van der Waals surface area contributed by atoms with E-state index in [1.54, 1.807) is 12.4 Å². The highest BCUT2D eigenvalue weighted by Gasteiger charge is 2.34. The average Bonchev–Trinajstić information content (AvgIpc) is 3.27. The Hall–Kier alpha value is -6.11. The number of anilines is 2. The molecule has 2 fully saturated rings. The van der Waals surface area contributed by atoms with Crippen LogP contribution in [0.25, 0.3) is 11.1 Å². The third-order valence-corrected chi connectivity index (χ3v) is 10.3. The first-order valence-electron chi connectivity index (χ1n) is 19.4. The number of urea groups is 1. The number of hydrogen-bond donors (Lipinski definition) is 3. The number of piperazine rings is 1. The third kappa shape index (κ3) is 9.83. The first-order chi connectivity index (χ1) is 28.1. The quantitative estimate of drug-likeness (QED) is 0.114. The number of aliphatic hydroxyl groups excluding tert-OH is 1. The number of benzene rings is 5. The first kappa shape index (κ1) is 37.8. The third-order valence-electron chi connectivity index (χ3n) is 10.3. The van der Waals surface area contributed by atoms with Crippen LogP contribution >= 0.6 is 0 Å². The Kier molecular flexibility index (Phi) is 12.1. The van der Waals surface area contributed by atoms with E-state index in [4.69, 9.17) is 14.2 Å². The van der Waals surface area contributed by atoms with Gasteiger partial charge < -0.3 is 34.9 Å². The van der Waals surface area contributed by atoms with Crippen molar-refractivity contribution in [2.45, 2.75) is 38.1 Å². The van der Waals surface area contributed by atoms with E-state index in [9.17, 15) is 9.90 Å². The van der Waals surface area contributed by atoms with E-state index >= 15 is 0 Å². The van der Waals surface area contributed by atoms with Gasteiger partial charge in [0.1, 0.15) is 11.5 Å². The molecule has 6 aromatic rings. The van der Waals surface area contributed by atoms with Crippen molar-refractivity contribution in [1.82, 2.24) is 20.2 Å². The molecule has 57 heavy (non-hydrogen) atoms. The summed E-state index contributed by atoms with van der Waals surface area (Å²) in [7, 11) is 0. The molecule has 5 aromatic carbocycles. The van der Waals surface area contributed by atoms with Crippen LogP contribution < -0.4 is 20.3 Å². The summed E-state index contributed by atoms with van der Waals surface area (Å²) >= 11 is 0. The molecule has 3 heterocycles. The summed E-state index contributed by atoms with van der Waals surface area (Å²) in [5.74, 6) is 2.21. The highest BCUT2D eigenvalue weighted by atomic mass is 16.7. The normalized spacial score (nSPS) is 18.5. The van der Waals surface area contributed by atoms with Crippen molar-refractivity contribution in [2.75, 3.05) is 42.9 Å². The second kappa shape index (κ2) is 18.2. The van der Waals surface area contributed by atoms with Crippen molar-refractivity contribution in [3.63, 3.8) is 0 Å². The Morgan fingerprint density at radius 1 is 0.737 bits per heavy atom. The lowest BCUT2D eigenvalue weighted by Crippen LogP contribution is -2.50. The highest BCUT2D eigenvalue weighted by molar-refractivity contribution is 5.89. The molecule has 2 aliphatic rings. The number of hydrogen-bond acceptors (Lipinski definition) is 9. The zero-order valence-corrected chi connectivity index (χ0v) is 31.6. The second-order valence-electron chi connectivity index (χ2n) is 14.2. The Morgan fingerprint density at radius 2 is 1.42 bits per heavy atom. The minimum atomic E-state index is -0.557. The number of rotatable bonds is 12. The molecule has 0 unspecified atom stereocenters. The number of aromatic nitrogens is 2. The summed E-state index contributed by atoms with van der Waals surface area (Å²) in [6.45, 7) is 4.62. The van der Waals surface area contributed by atoms with Crippen molar-refractivity contribution < 1.29 is 24.1 Å². The van der Waals surface area contributed by atoms with E-state index in [-0.39, 0.29) is 24.8 Å². The van der Waals surface area contributed by atoms with Crippen LogP contribution in [0.3, 0.4) is 0 Å². The molecule has 290 valence electrons. The van der Waals surface area contributed by atoms with Gasteiger partial charge in [0.25, 0.3) is 0 Å². The summed E-state index contributed by atoms with van der Waals surface area (Å²) in [5, 5.41) is 15.5. The maximum atomic E-state index is 12.9. The second-order valence-corrected chi connectivity index (χ2v) is 14.2. The molecule has 0 spiro atoms. The Morgan fingerprint density at radius 3 is 2.16 bits per heavy atom. The molecule has 1 aromatic heterocycles. The van der Waals surface area contributed by atoms with E-state index in [0.717, 1.165) is 84.2 Å². The predicted molar refractivity (Wildman–Crippen MR) is 220 cm³/mol. The molecule has 0 bridgehead atoms. The lowest BCUT2D eigenvalue weighted by Gasteiger charge is -2.40. The van der Waals surface area contributed by atoms with Crippen LogP contribution in [0.2, 0.25) is 0 Å². The fourth-order valence-corrected chi connectivity index (χ4v) is 7.26. The number of aliphatic hydroxyl groups is 1. The molecular formula is C46H46N6O5. The lowest BCUT2D eigenvalue weighted by molar-refractivity contribution is -0.253. The van der Waals surface area contributed by atoms with Crippen molar-refractivity contribution >= 4 is 17.7 Å². The van der Waals surface area contributed by atoms with E-state index < -0.39 is 6.29 Å². The van der Waals surface area contributed by atoms with E-state index in [0.29, 0.717) is 18.0 Å². The minimum Gasteiger partial charge on any atom is -0.457 e. The summed E-state index contributed by atoms with van der Waals surface area (Å²) < 4.78 is 19.2. The van der Waals surface area contributed by atoms with Gasteiger partial charge in [-0.05, 0) is 70.3 Å². The smallest absolute Gasteiger partial charge is 0.319 e. The summed E-state index contributed by atoms with van der Waals surface area (Å²) in [5.41, 5.74) is 6.56. The van der Waals surface area contributed by atoms with Crippen LogP contribution in [0.5, 0.6) is 11.5 Å². The first-order valence-corrected chi connectivity index (χ1v) is 19.4. The van der Waals surface area contributed by atoms with Gasteiger partial charge in [0.15, 0.2) is 6.29 Å². The largest absolute Gasteiger partial charge is 0.457 e. The maximum Gasteiger partial charge on any atom is 0.319 e. The van der Waals surface area contributed by atoms with Gasteiger partial charge in [-0.25, -0.2) is 14.8 Å². The number of para-hydroxylation sites is 1. The van der Waals surface area contributed by atoms with Crippen LogP contribution in [0.15, 0.2) is 146 Å².